The molecule has 2 heterocycles. The number of aliphatic carboxylic acids is 1. The van der Waals surface area contributed by atoms with Crippen molar-refractivity contribution in [2.75, 3.05) is 0 Å². The number of pyridine rings is 1. The Hall–Kier alpha value is -1.91. The third-order valence-corrected chi connectivity index (χ3v) is 2.77. The second-order valence-electron chi connectivity index (χ2n) is 4.83. The number of carboxylic acids is 1. The number of hydrogen-bond donors (Lipinski definition) is 1. The summed E-state index contributed by atoms with van der Waals surface area (Å²) in [5.74, 6) is -0.278. The maximum Gasteiger partial charge on any atom is 0.309 e. The van der Waals surface area contributed by atoms with Gasteiger partial charge in [-0.15, -0.1) is 0 Å². The van der Waals surface area contributed by atoms with Crippen LogP contribution in [0.1, 0.15) is 25.4 Å². The predicted octanol–water partition coefficient (Wildman–Crippen LogP) is 1.69. The average Bonchev–Trinajstić information content (AvgIpc) is 2.60. The van der Waals surface area contributed by atoms with Crippen LogP contribution in [-0.4, -0.2) is 25.7 Å². The molecule has 0 radical (unpaired) electrons. The lowest BCUT2D eigenvalue weighted by Crippen LogP contribution is -2.26. The van der Waals surface area contributed by atoms with Gasteiger partial charge in [0.15, 0.2) is 11.5 Å². The Balaban J connectivity index is 2.38. The lowest BCUT2D eigenvalue weighted by atomic mass is 9.89. The van der Waals surface area contributed by atoms with E-state index in [1.165, 1.54) is 0 Å². The van der Waals surface area contributed by atoms with Crippen molar-refractivity contribution in [2.24, 2.45) is 5.41 Å². The second-order valence-corrected chi connectivity index (χ2v) is 4.83. The molecule has 0 atom stereocenters. The third-order valence-electron chi connectivity index (χ3n) is 2.77. The summed E-state index contributed by atoms with van der Waals surface area (Å²) >= 11 is 0. The number of aryl methyl sites for hydroxylation is 1. The van der Waals surface area contributed by atoms with Crippen molar-refractivity contribution in [3.05, 3.63) is 29.7 Å². The molecular formula is C12H15N3O2. The van der Waals surface area contributed by atoms with Gasteiger partial charge in [-0.05, 0) is 32.9 Å². The molecule has 0 spiro atoms. The average molecular weight is 233 g/mol. The van der Waals surface area contributed by atoms with E-state index in [1.807, 2.05) is 25.1 Å². The van der Waals surface area contributed by atoms with E-state index in [-0.39, 0.29) is 0 Å². The maximum atomic E-state index is 11.0. The van der Waals surface area contributed by atoms with Crippen molar-refractivity contribution in [3.8, 4) is 0 Å². The zero-order valence-electron chi connectivity index (χ0n) is 10.1. The van der Waals surface area contributed by atoms with Crippen LogP contribution < -0.4 is 0 Å². The number of hydrogen-bond acceptors (Lipinski definition) is 3. The van der Waals surface area contributed by atoms with Crippen molar-refractivity contribution < 1.29 is 9.90 Å². The molecule has 5 nitrogen and oxygen atoms in total. The van der Waals surface area contributed by atoms with Crippen LogP contribution in [0.15, 0.2) is 18.2 Å². The smallest absolute Gasteiger partial charge is 0.309 e. The molecule has 17 heavy (non-hydrogen) atoms. The van der Waals surface area contributed by atoms with Crippen molar-refractivity contribution in [2.45, 2.75) is 27.2 Å². The minimum atomic E-state index is -0.848. The van der Waals surface area contributed by atoms with E-state index in [2.05, 4.69) is 10.1 Å². The molecule has 0 aliphatic rings. The van der Waals surface area contributed by atoms with Gasteiger partial charge in [0, 0.05) is 12.1 Å². The zero-order valence-corrected chi connectivity index (χ0v) is 10.1. The van der Waals surface area contributed by atoms with Crippen LogP contribution in [0.5, 0.6) is 0 Å². The summed E-state index contributed by atoms with van der Waals surface area (Å²) < 4.78 is 1.73. The number of fused-ring (bicyclic) bond motifs is 1. The zero-order chi connectivity index (χ0) is 12.6. The third kappa shape index (κ3) is 2.13. The molecule has 0 aliphatic carbocycles. The Labute approximate surface area is 99.1 Å². The van der Waals surface area contributed by atoms with Gasteiger partial charge < -0.3 is 5.11 Å². The molecule has 2 aromatic heterocycles. The number of carbonyl (C=O) groups is 1. The quantitative estimate of drug-likeness (QED) is 0.876. The summed E-state index contributed by atoms with van der Waals surface area (Å²) in [5, 5.41) is 13.4. The molecule has 2 rings (SSSR count). The molecule has 2 aromatic rings. The molecule has 0 aromatic carbocycles. The number of rotatable bonds is 3. The number of carboxylic acid groups (broad SMARTS) is 1. The fourth-order valence-electron chi connectivity index (χ4n) is 1.63. The predicted molar refractivity (Wildman–Crippen MR) is 62.8 cm³/mol. The first-order valence-electron chi connectivity index (χ1n) is 5.45. The van der Waals surface area contributed by atoms with E-state index < -0.39 is 11.4 Å². The largest absolute Gasteiger partial charge is 0.481 e. The van der Waals surface area contributed by atoms with Gasteiger partial charge in [-0.3, -0.25) is 4.79 Å². The first-order chi connectivity index (χ1) is 7.90. The molecule has 0 fully saturated rings. The summed E-state index contributed by atoms with van der Waals surface area (Å²) in [6.45, 7) is 5.29. The minimum absolute atomic E-state index is 0.323. The summed E-state index contributed by atoms with van der Waals surface area (Å²) in [6, 6.07) is 5.70. The van der Waals surface area contributed by atoms with Crippen molar-refractivity contribution >= 4 is 11.6 Å². The fraction of sp³-hybridized carbons (Fsp3) is 0.417. The minimum Gasteiger partial charge on any atom is -0.481 e. The van der Waals surface area contributed by atoms with Gasteiger partial charge in [0.05, 0.1) is 5.41 Å². The Kier molecular flexibility index (Phi) is 2.61. The monoisotopic (exact) mass is 233 g/mol. The SMILES string of the molecule is Cc1cccc2nc(CC(C)(C)C(=O)O)nn12. The number of nitrogens with zero attached hydrogens (tertiary/aromatic N) is 3. The molecule has 0 amide bonds. The standard InChI is InChI=1S/C12H15N3O2/c1-8-5-4-6-10-13-9(14-15(8)10)7-12(2,3)11(16)17/h4-6H,7H2,1-3H3,(H,16,17). The van der Waals surface area contributed by atoms with E-state index in [0.29, 0.717) is 12.2 Å². The molecular weight excluding hydrogens is 218 g/mol. The van der Waals surface area contributed by atoms with Gasteiger partial charge in [-0.2, -0.15) is 5.10 Å². The second kappa shape index (κ2) is 3.84. The van der Waals surface area contributed by atoms with E-state index in [9.17, 15) is 4.79 Å². The van der Waals surface area contributed by atoms with E-state index in [0.717, 1.165) is 11.3 Å². The molecule has 0 aliphatic heterocycles. The van der Waals surface area contributed by atoms with Crippen LogP contribution in [0.2, 0.25) is 0 Å². The molecule has 90 valence electrons. The highest BCUT2D eigenvalue weighted by atomic mass is 16.4. The highest BCUT2D eigenvalue weighted by Gasteiger charge is 2.29. The first kappa shape index (κ1) is 11.6. The molecule has 0 bridgehead atoms. The van der Waals surface area contributed by atoms with Crippen molar-refractivity contribution in [3.63, 3.8) is 0 Å². The highest BCUT2D eigenvalue weighted by Crippen LogP contribution is 2.20. The summed E-state index contributed by atoms with van der Waals surface area (Å²) in [6.07, 6.45) is 0.323. The lowest BCUT2D eigenvalue weighted by Gasteiger charge is -2.16. The van der Waals surface area contributed by atoms with E-state index in [4.69, 9.17) is 5.11 Å². The Morgan fingerprint density at radius 3 is 2.76 bits per heavy atom. The van der Waals surface area contributed by atoms with Crippen LogP contribution >= 0.6 is 0 Å². The molecule has 0 unspecified atom stereocenters. The molecule has 1 N–H and O–H groups in total. The summed E-state index contributed by atoms with van der Waals surface area (Å²) in [4.78, 5) is 15.4. The van der Waals surface area contributed by atoms with Crippen LogP contribution in [0.4, 0.5) is 0 Å². The van der Waals surface area contributed by atoms with Crippen molar-refractivity contribution in [1.82, 2.24) is 14.6 Å². The van der Waals surface area contributed by atoms with Gasteiger partial charge in [0.25, 0.3) is 0 Å². The molecule has 0 saturated heterocycles. The number of aromatic nitrogens is 3. The maximum absolute atomic E-state index is 11.0. The highest BCUT2D eigenvalue weighted by molar-refractivity contribution is 5.73. The normalized spacial score (nSPS) is 11.9. The summed E-state index contributed by atoms with van der Waals surface area (Å²) in [7, 11) is 0. The topological polar surface area (TPSA) is 67.5 Å². The van der Waals surface area contributed by atoms with E-state index in [1.54, 1.807) is 18.4 Å². The Morgan fingerprint density at radius 1 is 1.47 bits per heavy atom. The molecule has 0 saturated carbocycles. The van der Waals surface area contributed by atoms with Crippen LogP contribution in [-0.2, 0) is 11.2 Å². The molecule has 5 heteroatoms. The van der Waals surface area contributed by atoms with Gasteiger partial charge in [0.2, 0.25) is 0 Å². The van der Waals surface area contributed by atoms with Gasteiger partial charge >= 0.3 is 5.97 Å². The lowest BCUT2D eigenvalue weighted by molar-refractivity contribution is -0.146. The Morgan fingerprint density at radius 2 is 2.18 bits per heavy atom. The fourth-order valence-corrected chi connectivity index (χ4v) is 1.63. The van der Waals surface area contributed by atoms with E-state index >= 15 is 0 Å². The van der Waals surface area contributed by atoms with Crippen molar-refractivity contribution in [1.29, 1.82) is 0 Å². The van der Waals surface area contributed by atoms with Gasteiger partial charge in [-0.25, -0.2) is 9.50 Å². The Bertz CT molecular complexity index is 572. The van der Waals surface area contributed by atoms with Crippen LogP contribution in [0.25, 0.3) is 5.65 Å². The van der Waals surface area contributed by atoms with Gasteiger partial charge in [0.1, 0.15) is 0 Å². The van der Waals surface area contributed by atoms with Crippen LogP contribution in [0.3, 0.4) is 0 Å². The van der Waals surface area contributed by atoms with Crippen LogP contribution in [0, 0.1) is 12.3 Å². The van der Waals surface area contributed by atoms with Gasteiger partial charge in [-0.1, -0.05) is 6.07 Å². The summed E-state index contributed by atoms with van der Waals surface area (Å²) in [5.41, 5.74) is 0.884. The first-order valence-corrected chi connectivity index (χ1v) is 5.45.